The Balaban J connectivity index is 1.75. The Labute approximate surface area is 132 Å². The van der Waals surface area contributed by atoms with Gasteiger partial charge in [-0.15, -0.1) is 0 Å². The van der Waals surface area contributed by atoms with Crippen molar-refractivity contribution in [2.24, 2.45) is 5.92 Å². The number of nitrogens with one attached hydrogen (secondary N) is 1. The smallest absolute Gasteiger partial charge is 0.375 e. The molecule has 1 heterocycles. The summed E-state index contributed by atoms with van der Waals surface area (Å²) in [7, 11) is 0. The summed E-state index contributed by atoms with van der Waals surface area (Å²) in [6, 6.07) is 3.10. The number of carbonyl (C=O) groups is 2. The molecule has 6 heteroatoms. The zero-order valence-electron chi connectivity index (χ0n) is 12.1. The standard InChI is InChI=1S/C15H20BrNO4/c1-10(20-15(19)12-7-8-13(16)21-12)14(18)17-9-11-5-3-2-4-6-11/h7-8,10-11H,2-6,9H2,1H3,(H,17,18)/t10-/m1/s1. The van der Waals surface area contributed by atoms with Crippen LogP contribution in [0.3, 0.4) is 0 Å². The number of esters is 1. The van der Waals surface area contributed by atoms with Crippen molar-refractivity contribution >= 4 is 27.8 Å². The van der Waals surface area contributed by atoms with Crippen molar-refractivity contribution in [2.75, 3.05) is 6.54 Å². The summed E-state index contributed by atoms with van der Waals surface area (Å²) in [5.41, 5.74) is 0. The Bertz CT molecular complexity index is 494. The predicted molar refractivity (Wildman–Crippen MR) is 80.9 cm³/mol. The lowest BCUT2D eigenvalue weighted by Crippen LogP contribution is -2.38. The van der Waals surface area contributed by atoms with Crippen LogP contribution in [-0.2, 0) is 9.53 Å². The van der Waals surface area contributed by atoms with Crippen LogP contribution in [0.1, 0.15) is 49.6 Å². The number of rotatable bonds is 5. The minimum Gasteiger partial charge on any atom is -0.447 e. The van der Waals surface area contributed by atoms with Crippen LogP contribution in [-0.4, -0.2) is 24.5 Å². The van der Waals surface area contributed by atoms with Crippen LogP contribution in [0.5, 0.6) is 0 Å². The molecule has 5 nitrogen and oxygen atoms in total. The monoisotopic (exact) mass is 357 g/mol. The first-order valence-corrected chi connectivity index (χ1v) is 8.09. The second kappa shape index (κ2) is 7.64. The number of hydrogen-bond donors (Lipinski definition) is 1. The molecule has 0 bridgehead atoms. The fourth-order valence-corrected chi connectivity index (χ4v) is 2.78. The molecule has 1 amide bonds. The lowest BCUT2D eigenvalue weighted by Gasteiger charge is -2.22. The summed E-state index contributed by atoms with van der Waals surface area (Å²) in [5, 5.41) is 2.86. The van der Waals surface area contributed by atoms with Crippen LogP contribution < -0.4 is 5.32 Å². The van der Waals surface area contributed by atoms with Gasteiger partial charge in [0, 0.05) is 6.54 Å². The van der Waals surface area contributed by atoms with Crippen molar-refractivity contribution in [3.05, 3.63) is 22.6 Å². The van der Waals surface area contributed by atoms with Crippen LogP contribution in [0.15, 0.2) is 21.2 Å². The van der Waals surface area contributed by atoms with Gasteiger partial charge in [0.1, 0.15) is 0 Å². The summed E-state index contributed by atoms with van der Waals surface area (Å²) in [6.45, 7) is 2.22. The maximum Gasteiger partial charge on any atom is 0.375 e. The van der Waals surface area contributed by atoms with E-state index >= 15 is 0 Å². The number of furan rings is 1. The average molecular weight is 358 g/mol. The van der Waals surface area contributed by atoms with E-state index in [2.05, 4.69) is 21.2 Å². The molecule has 1 atom stereocenters. The van der Waals surface area contributed by atoms with Crippen molar-refractivity contribution in [3.63, 3.8) is 0 Å². The highest BCUT2D eigenvalue weighted by atomic mass is 79.9. The summed E-state index contributed by atoms with van der Waals surface area (Å²) >= 11 is 3.11. The summed E-state index contributed by atoms with van der Waals surface area (Å²) in [5.74, 6) is -0.277. The van der Waals surface area contributed by atoms with E-state index in [1.54, 1.807) is 13.0 Å². The van der Waals surface area contributed by atoms with E-state index in [0.29, 0.717) is 17.1 Å². The van der Waals surface area contributed by atoms with Crippen molar-refractivity contribution in [1.82, 2.24) is 5.32 Å². The SMILES string of the molecule is C[C@@H](OC(=O)c1ccc(Br)o1)C(=O)NCC1CCCCC1. The molecule has 1 aromatic heterocycles. The molecule has 2 rings (SSSR count). The molecule has 116 valence electrons. The minimum atomic E-state index is -0.829. The van der Waals surface area contributed by atoms with Crippen molar-refractivity contribution < 1.29 is 18.7 Å². The first kappa shape index (κ1) is 16.1. The van der Waals surface area contributed by atoms with Crippen LogP contribution in [0.2, 0.25) is 0 Å². The van der Waals surface area contributed by atoms with Gasteiger partial charge < -0.3 is 14.5 Å². The largest absolute Gasteiger partial charge is 0.447 e. The van der Waals surface area contributed by atoms with E-state index in [9.17, 15) is 9.59 Å². The summed E-state index contributed by atoms with van der Waals surface area (Å²) in [6.07, 6.45) is 5.25. The van der Waals surface area contributed by atoms with Crippen LogP contribution >= 0.6 is 15.9 Å². The number of ether oxygens (including phenoxy) is 1. The second-order valence-electron chi connectivity index (χ2n) is 5.40. The first-order chi connectivity index (χ1) is 10.1. The second-order valence-corrected chi connectivity index (χ2v) is 6.18. The van der Waals surface area contributed by atoms with E-state index in [4.69, 9.17) is 9.15 Å². The molecule has 1 N–H and O–H groups in total. The Hall–Kier alpha value is -1.30. The van der Waals surface area contributed by atoms with Gasteiger partial charge in [-0.05, 0) is 53.7 Å². The number of amides is 1. The quantitative estimate of drug-likeness (QED) is 0.821. The Morgan fingerprint density at radius 3 is 2.71 bits per heavy atom. The Morgan fingerprint density at radius 1 is 1.38 bits per heavy atom. The van der Waals surface area contributed by atoms with Gasteiger partial charge in [0.2, 0.25) is 5.76 Å². The third-order valence-electron chi connectivity index (χ3n) is 3.72. The molecule has 0 spiro atoms. The molecule has 0 aromatic carbocycles. The average Bonchev–Trinajstić information content (AvgIpc) is 2.92. The maximum absolute atomic E-state index is 11.9. The topological polar surface area (TPSA) is 68.5 Å². The van der Waals surface area contributed by atoms with Gasteiger partial charge in [0.15, 0.2) is 10.8 Å². The van der Waals surface area contributed by atoms with E-state index in [-0.39, 0.29) is 11.7 Å². The molecule has 1 saturated carbocycles. The molecule has 1 aliphatic carbocycles. The summed E-state index contributed by atoms with van der Waals surface area (Å²) < 4.78 is 10.6. The predicted octanol–water partition coefficient (Wildman–Crippen LogP) is 3.28. The molecule has 0 unspecified atom stereocenters. The van der Waals surface area contributed by atoms with Gasteiger partial charge in [0.05, 0.1) is 0 Å². The van der Waals surface area contributed by atoms with Crippen molar-refractivity contribution in [3.8, 4) is 0 Å². The molecule has 1 fully saturated rings. The van der Waals surface area contributed by atoms with Gasteiger partial charge in [-0.25, -0.2) is 4.79 Å². The molecular weight excluding hydrogens is 338 g/mol. The number of carbonyl (C=O) groups excluding carboxylic acids is 2. The molecular formula is C15H20BrNO4. The van der Waals surface area contributed by atoms with Gasteiger partial charge in [0.25, 0.3) is 5.91 Å². The van der Waals surface area contributed by atoms with Crippen molar-refractivity contribution in [2.45, 2.75) is 45.1 Å². The number of halogens is 1. The van der Waals surface area contributed by atoms with Gasteiger partial charge in [-0.1, -0.05) is 19.3 Å². The Kier molecular flexibility index (Phi) is 5.85. The van der Waals surface area contributed by atoms with E-state index in [1.165, 1.54) is 25.3 Å². The zero-order valence-corrected chi connectivity index (χ0v) is 13.6. The van der Waals surface area contributed by atoms with Crippen LogP contribution in [0.25, 0.3) is 0 Å². The third kappa shape index (κ3) is 4.88. The number of hydrogen-bond acceptors (Lipinski definition) is 4. The summed E-state index contributed by atoms with van der Waals surface area (Å²) in [4.78, 5) is 23.7. The molecule has 0 saturated heterocycles. The van der Waals surface area contributed by atoms with Crippen LogP contribution in [0.4, 0.5) is 0 Å². The fourth-order valence-electron chi connectivity index (χ4n) is 2.48. The fraction of sp³-hybridized carbons (Fsp3) is 0.600. The molecule has 1 aromatic rings. The van der Waals surface area contributed by atoms with Gasteiger partial charge in [-0.3, -0.25) is 4.79 Å². The maximum atomic E-state index is 11.9. The molecule has 0 radical (unpaired) electrons. The molecule has 1 aliphatic rings. The molecule has 21 heavy (non-hydrogen) atoms. The molecule has 0 aliphatic heterocycles. The highest BCUT2D eigenvalue weighted by Gasteiger charge is 2.22. The lowest BCUT2D eigenvalue weighted by molar-refractivity contribution is -0.129. The first-order valence-electron chi connectivity index (χ1n) is 7.30. The highest BCUT2D eigenvalue weighted by Crippen LogP contribution is 2.22. The Morgan fingerprint density at radius 2 is 2.10 bits per heavy atom. The lowest BCUT2D eigenvalue weighted by atomic mass is 9.89. The van der Waals surface area contributed by atoms with Gasteiger partial charge in [-0.2, -0.15) is 0 Å². The van der Waals surface area contributed by atoms with E-state index in [1.807, 2.05) is 0 Å². The highest BCUT2D eigenvalue weighted by molar-refractivity contribution is 9.10. The minimum absolute atomic E-state index is 0.0776. The van der Waals surface area contributed by atoms with E-state index < -0.39 is 12.1 Å². The van der Waals surface area contributed by atoms with Crippen molar-refractivity contribution in [1.29, 1.82) is 0 Å². The third-order valence-corrected chi connectivity index (χ3v) is 4.14. The van der Waals surface area contributed by atoms with Crippen LogP contribution in [0, 0.1) is 5.92 Å². The van der Waals surface area contributed by atoms with Gasteiger partial charge >= 0.3 is 5.97 Å². The normalized spacial score (nSPS) is 17.2. The zero-order chi connectivity index (χ0) is 15.2. The van der Waals surface area contributed by atoms with E-state index in [0.717, 1.165) is 12.8 Å².